The Balaban J connectivity index is 2.39. The zero-order valence-electron chi connectivity index (χ0n) is 9.56. The van der Waals surface area contributed by atoms with Crippen LogP contribution in [0.15, 0.2) is 12.1 Å². The largest absolute Gasteiger partial charge is 0.486 e. The lowest BCUT2D eigenvalue weighted by Crippen LogP contribution is -2.24. The second-order valence-corrected chi connectivity index (χ2v) is 4.12. The molecule has 1 aliphatic rings. The summed E-state index contributed by atoms with van der Waals surface area (Å²) >= 11 is 0. The lowest BCUT2D eigenvalue weighted by Gasteiger charge is -2.23. The summed E-state index contributed by atoms with van der Waals surface area (Å²) < 4.78 is 11.0. The number of hydrogen-bond acceptors (Lipinski definition) is 4. The molecule has 0 bridgehead atoms. The van der Waals surface area contributed by atoms with Gasteiger partial charge in [0.2, 0.25) is 0 Å². The van der Waals surface area contributed by atoms with E-state index in [1.54, 1.807) is 6.92 Å². The van der Waals surface area contributed by atoms with E-state index >= 15 is 0 Å². The maximum Gasteiger partial charge on any atom is 0.161 e. The molecule has 1 aliphatic heterocycles. The van der Waals surface area contributed by atoms with Crippen molar-refractivity contribution in [1.29, 1.82) is 0 Å². The van der Waals surface area contributed by atoms with E-state index in [0.717, 1.165) is 16.9 Å². The van der Waals surface area contributed by atoms with Crippen molar-refractivity contribution >= 4 is 0 Å². The Kier molecular flexibility index (Phi) is 3.03. The smallest absolute Gasteiger partial charge is 0.161 e. The third kappa shape index (κ3) is 1.99. The lowest BCUT2D eigenvalue weighted by atomic mass is 9.97. The number of aliphatic hydroxyl groups excluding tert-OH is 1. The minimum atomic E-state index is -0.582. The molecule has 0 aromatic heterocycles. The zero-order chi connectivity index (χ0) is 11.7. The Morgan fingerprint density at radius 1 is 1.25 bits per heavy atom. The van der Waals surface area contributed by atoms with E-state index in [1.165, 1.54) is 0 Å². The first-order valence-corrected chi connectivity index (χ1v) is 5.43. The van der Waals surface area contributed by atoms with E-state index in [2.05, 4.69) is 0 Å². The highest BCUT2D eigenvalue weighted by molar-refractivity contribution is 5.48. The molecule has 0 fully saturated rings. The van der Waals surface area contributed by atoms with Crippen LogP contribution in [0.5, 0.6) is 11.5 Å². The van der Waals surface area contributed by atoms with Gasteiger partial charge in [-0.1, -0.05) is 0 Å². The Morgan fingerprint density at radius 2 is 1.81 bits per heavy atom. The first-order valence-electron chi connectivity index (χ1n) is 5.43. The summed E-state index contributed by atoms with van der Waals surface area (Å²) in [6, 6.07) is 3.38. The molecule has 2 atom stereocenters. The summed E-state index contributed by atoms with van der Waals surface area (Å²) in [4.78, 5) is 0. The van der Waals surface area contributed by atoms with Gasteiger partial charge in [-0.2, -0.15) is 0 Å². The van der Waals surface area contributed by atoms with Crippen LogP contribution < -0.4 is 15.2 Å². The minimum absolute atomic E-state index is 0.393. The number of rotatable bonds is 2. The summed E-state index contributed by atoms with van der Waals surface area (Å²) in [5, 5.41) is 9.51. The zero-order valence-corrected chi connectivity index (χ0v) is 9.56. The van der Waals surface area contributed by atoms with Crippen LogP contribution in [-0.2, 0) is 0 Å². The van der Waals surface area contributed by atoms with Gasteiger partial charge in [0.25, 0.3) is 0 Å². The Morgan fingerprint density at radius 3 is 2.38 bits per heavy atom. The summed E-state index contributed by atoms with van der Waals surface area (Å²) in [5.41, 5.74) is 7.84. The van der Waals surface area contributed by atoms with Crippen molar-refractivity contribution < 1.29 is 14.6 Å². The molecule has 16 heavy (non-hydrogen) atoms. The van der Waals surface area contributed by atoms with Crippen molar-refractivity contribution in [3.63, 3.8) is 0 Å². The monoisotopic (exact) mass is 223 g/mol. The summed E-state index contributed by atoms with van der Waals surface area (Å²) in [6.07, 6.45) is -0.582. The number of aliphatic hydroxyl groups is 1. The number of benzene rings is 1. The average molecular weight is 223 g/mol. The molecule has 4 heteroatoms. The van der Waals surface area contributed by atoms with E-state index in [9.17, 15) is 5.11 Å². The Bertz CT molecular complexity index is 390. The minimum Gasteiger partial charge on any atom is -0.486 e. The van der Waals surface area contributed by atoms with Crippen molar-refractivity contribution in [2.75, 3.05) is 13.2 Å². The van der Waals surface area contributed by atoms with E-state index < -0.39 is 12.1 Å². The molecule has 4 nitrogen and oxygen atoms in total. The first kappa shape index (κ1) is 11.2. The number of fused-ring (bicyclic) bond motifs is 1. The van der Waals surface area contributed by atoms with Gasteiger partial charge < -0.3 is 20.3 Å². The lowest BCUT2D eigenvalue weighted by molar-refractivity contribution is 0.160. The van der Waals surface area contributed by atoms with Gasteiger partial charge in [0.05, 0.1) is 12.1 Å². The fraction of sp³-hybridized carbons (Fsp3) is 0.500. The Hall–Kier alpha value is -1.26. The predicted octanol–water partition coefficient (Wildman–Crippen LogP) is 1.15. The van der Waals surface area contributed by atoms with Gasteiger partial charge in [0.15, 0.2) is 11.5 Å². The van der Waals surface area contributed by atoms with Gasteiger partial charge in [-0.3, -0.25) is 0 Å². The van der Waals surface area contributed by atoms with Gasteiger partial charge in [0.1, 0.15) is 13.2 Å². The van der Waals surface area contributed by atoms with Crippen LogP contribution in [0.25, 0.3) is 0 Å². The van der Waals surface area contributed by atoms with Crippen LogP contribution in [0, 0.1) is 6.92 Å². The molecule has 0 spiro atoms. The van der Waals surface area contributed by atoms with E-state index in [1.807, 2.05) is 19.1 Å². The van der Waals surface area contributed by atoms with Crippen molar-refractivity contribution in [2.24, 2.45) is 5.73 Å². The maximum atomic E-state index is 9.51. The number of ether oxygens (including phenoxy) is 2. The van der Waals surface area contributed by atoms with Crippen molar-refractivity contribution in [2.45, 2.75) is 26.0 Å². The van der Waals surface area contributed by atoms with Gasteiger partial charge in [-0.05, 0) is 37.1 Å². The molecule has 0 saturated heterocycles. The molecule has 2 unspecified atom stereocenters. The van der Waals surface area contributed by atoms with Gasteiger partial charge >= 0.3 is 0 Å². The van der Waals surface area contributed by atoms with Gasteiger partial charge in [-0.25, -0.2) is 0 Å². The molecule has 1 aromatic rings. The molecule has 3 N–H and O–H groups in total. The summed E-state index contributed by atoms with van der Waals surface area (Å²) in [7, 11) is 0. The van der Waals surface area contributed by atoms with Gasteiger partial charge in [0, 0.05) is 0 Å². The first-order chi connectivity index (χ1) is 7.59. The quantitative estimate of drug-likeness (QED) is 0.789. The highest BCUT2D eigenvalue weighted by Gasteiger charge is 2.19. The topological polar surface area (TPSA) is 64.7 Å². The van der Waals surface area contributed by atoms with Crippen molar-refractivity contribution in [3.8, 4) is 11.5 Å². The van der Waals surface area contributed by atoms with Crippen molar-refractivity contribution in [3.05, 3.63) is 23.3 Å². The molecule has 0 amide bonds. The van der Waals surface area contributed by atoms with E-state index in [0.29, 0.717) is 19.0 Å². The second-order valence-electron chi connectivity index (χ2n) is 4.12. The fourth-order valence-corrected chi connectivity index (χ4v) is 1.83. The van der Waals surface area contributed by atoms with E-state index in [-0.39, 0.29) is 0 Å². The third-order valence-electron chi connectivity index (χ3n) is 2.81. The van der Waals surface area contributed by atoms with Crippen LogP contribution in [0.2, 0.25) is 0 Å². The number of hydrogen-bond donors (Lipinski definition) is 2. The van der Waals surface area contributed by atoms with Gasteiger partial charge in [-0.15, -0.1) is 0 Å². The molecule has 88 valence electrons. The summed E-state index contributed by atoms with van der Waals surface area (Å²) in [5.74, 6) is 1.47. The third-order valence-corrected chi connectivity index (χ3v) is 2.81. The van der Waals surface area contributed by atoms with Crippen LogP contribution in [0.4, 0.5) is 0 Å². The predicted molar refractivity (Wildman–Crippen MR) is 60.8 cm³/mol. The molecule has 1 heterocycles. The number of aryl methyl sites for hydroxylation is 1. The maximum absolute atomic E-state index is 9.51. The van der Waals surface area contributed by atoms with E-state index in [4.69, 9.17) is 15.2 Å². The SMILES string of the molecule is Cc1cc2c(cc1C(N)C(C)O)OCCO2. The van der Waals surface area contributed by atoms with Crippen LogP contribution >= 0.6 is 0 Å². The molecule has 0 saturated carbocycles. The van der Waals surface area contributed by atoms with Crippen LogP contribution in [0.1, 0.15) is 24.1 Å². The molecule has 1 aromatic carbocycles. The molecular weight excluding hydrogens is 206 g/mol. The number of nitrogens with two attached hydrogens (primary N) is 1. The highest BCUT2D eigenvalue weighted by Crippen LogP contribution is 2.35. The molecule has 0 radical (unpaired) electrons. The highest BCUT2D eigenvalue weighted by atomic mass is 16.6. The second kappa shape index (κ2) is 4.31. The Labute approximate surface area is 95.0 Å². The molecular formula is C12H17NO3. The molecule has 2 rings (SSSR count). The fourth-order valence-electron chi connectivity index (χ4n) is 1.83. The normalized spacial score (nSPS) is 18.0. The molecule has 0 aliphatic carbocycles. The average Bonchev–Trinajstić information content (AvgIpc) is 2.27. The summed E-state index contributed by atoms with van der Waals surface area (Å²) in [6.45, 7) is 4.77. The van der Waals surface area contributed by atoms with Crippen molar-refractivity contribution in [1.82, 2.24) is 0 Å². The van der Waals surface area contributed by atoms with Crippen LogP contribution in [-0.4, -0.2) is 24.4 Å². The standard InChI is InChI=1S/C12H17NO3/c1-7-5-10-11(16-4-3-15-10)6-9(7)12(13)8(2)14/h5-6,8,12,14H,3-4,13H2,1-2H3. The van der Waals surface area contributed by atoms with Crippen LogP contribution in [0.3, 0.4) is 0 Å².